The lowest BCUT2D eigenvalue weighted by molar-refractivity contribution is -0.120. The van der Waals surface area contributed by atoms with E-state index >= 15 is 0 Å². The quantitative estimate of drug-likeness (QED) is 0.795. The van der Waals surface area contributed by atoms with Crippen molar-refractivity contribution < 1.29 is 9.32 Å². The van der Waals surface area contributed by atoms with E-state index in [1.54, 1.807) is 6.92 Å². The number of aryl methyl sites for hydroxylation is 1. The number of amides is 1. The van der Waals surface area contributed by atoms with Crippen molar-refractivity contribution in [3.05, 3.63) is 5.82 Å². The summed E-state index contributed by atoms with van der Waals surface area (Å²) in [4.78, 5) is 15.7. The number of carbonyl (C=O) groups excluding carboxylic acids is 1. The van der Waals surface area contributed by atoms with Gasteiger partial charge in [0, 0.05) is 5.92 Å². The van der Waals surface area contributed by atoms with Gasteiger partial charge in [0.1, 0.15) is 0 Å². The van der Waals surface area contributed by atoms with Crippen molar-refractivity contribution in [2.24, 2.45) is 17.8 Å². The monoisotopic (exact) mass is 207 g/mol. The predicted molar refractivity (Wildman–Crippen MR) is 52.0 cm³/mol. The van der Waals surface area contributed by atoms with Gasteiger partial charge in [-0.2, -0.15) is 4.98 Å². The highest BCUT2D eigenvalue weighted by Crippen LogP contribution is 2.54. The first kappa shape index (κ1) is 8.88. The standard InChI is InChI=1S/C10H13N3O2/c1-5-11-10(15-13-5)12-9(14)8-3-6-2-7(6)4-8/h6-8H,2-4H2,1H3,(H,11,12,13,14). The number of anilines is 1. The normalized spacial score (nSPS) is 32.5. The molecule has 0 aliphatic heterocycles. The van der Waals surface area contributed by atoms with Gasteiger partial charge in [0.2, 0.25) is 5.91 Å². The second-order valence-corrected chi connectivity index (χ2v) is 4.56. The van der Waals surface area contributed by atoms with Crippen LogP contribution in [0.5, 0.6) is 0 Å². The summed E-state index contributed by atoms with van der Waals surface area (Å²) in [6.07, 6.45) is 3.39. The van der Waals surface area contributed by atoms with Gasteiger partial charge in [-0.05, 0) is 38.0 Å². The van der Waals surface area contributed by atoms with Crippen molar-refractivity contribution in [3.63, 3.8) is 0 Å². The maximum Gasteiger partial charge on any atom is 0.328 e. The number of nitrogens with one attached hydrogen (secondary N) is 1. The molecule has 0 aromatic carbocycles. The lowest BCUT2D eigenvalue weighted by Gasteiger charge is -2.08. The lowest BCUT2D eigenvalue weighted by Crippen LogP contribution is -2.21. The zero-order chi connectivity index (χ0) is 10.4. The molecular formula is C10H13N3O2. The minimum absolute atomic E-state index is 0.0332. The van der Waals surface area contributed by atoms with Crippen LogP contribution in [0.4, 0.5) is 6.01 Å². The number of carbonyl (C=O) groups is 1. The molecule has 1 aromatic heterocycles. The number of hydrogen-bond acceptors (Lipinski definition) is 4. The maximum atomic E-state index is 11.8. The summed E-state index contributed by atoms with van der Waals surface area (Å²) in [7, 11) is 0. The van der Waals surface area contributed by atoms with Gasteiger partial charge >= 0.3 is 6.01 Å². The van der Waals surface area contributed by atoms with Gasteiger partial charge in [-0.3, -0.25) is 10.1 Å². The van der Waals surface area contributed by atoms with Crippen LogP contribution in [0.3, 0.4) is 0 Å². The molecule has 5 nitrogen and oxygen atoms in total. The Morgan fingerprint density at radius 3 is 2.73 bits per heavy atom. The number of hydrogen-bond donors (Lipinski definition) is 1. The Balaban J connectivity index is 1.61. The molecule has 1 amide bonds. The Kier molecular flexibility index (Phi) is 1.81. The molecule has 0 radical (unpaired) electrons. The summed E-state index contributed by atoms with van der Waals surface area (Å²) in [6.45, 7) is 1.73. The van der Waals surface area contributed by atoms with E-state index in [1.807, 2.05) is 0 Å². The molecule has 2 unspecified atom stereocenters. The summed E-state index contributed by atoms with van der Waals surface area (Å²) in [5.41, 5.74) is 0. The number of fused-ring (bicyclic) bond motifs is 1. The molecule has 2 aliphatic rings. The molecule has 3 rings (SSSR count). The molecule has 2 saturated carbocycles. The molecule has 5 heteroatoms. The molecule has 1 aromatic rings. The van der Waals surface area contributed by atoms with Gasteiger partial charge in [0.15, 0.2) is 5.82 Å². The van der Waals surface area contributed by atoms with E-state index in [2.05, 4.69) is 15.5 Å². The predicted octanol–water partition coefficient (Wildman–Crippen LogP) is 1.36. The number of aromatic nitrogens is 2. The van der Waals surface area contributed by atoms with E-state index in [4.69, 9.17) is 4.52 Å². The van der Waals surface area contributed by atoms with Crippen LogP contribution in [-0.2, 0) is 4.79 Å². The third kappa shape index (κ3) is 1.62. The SMILES string of the molecule is Cc1noc(NC(=O)C2CC3CC3C2)n1. The van der Waals surface area contributed by atoms with Gasteiger partial charge in [-0.15, -0.1) is 0 Å². The average Bonchev–Trinajstić information content (AvgIpc) is 2.61. The van der Waals surface area contributed by atoms with Crippen molar-refractivity contribution >= 4 is 11.9 Å². The van der Waals surface area contributed by atoms with Crippen LogP contribution in [-0.4, -0.2) is 16.0 Å². The van der Waals surface area contributed by atoms with Crippen molar-refractivity contribution in [2.75, 3.05) is 5.32 Å². The smallest absolute Gasteiger partial charge is 0.315 e. The van der Waals surface area contributed by atoms with Crippen molar-refractivity contribution in [1.82, 2.24) is 10.1 Å². The minimum Gasteiger partial charge on any atom is -0.315 e. The molecule has 15 heavy (non-hydrogen) atoms. The Labute approximate surface area is 87.2 Å². The van der Waals surface area contributed by atoms with Crippen LogP contribution in [0.25, 0.3) is 0 Å². The van der Waals surface area contributed by atoms with Gasteiger partial charge < -0.3 is 4.52 Å². The first-order valence-electron chi connectivity index (χ1n) is 5.33. The lowest BCUT2D eigenvalue weighted by atomic mass is 10.0. The van der Waals surface area contributed by atoms with E-state index in [0.29, 0.717) is 5.82 Å². The average molecular weight is 207 g/mol. The van der Waals surface area contributed by atoms with Gasteiger partial charge in [-0.1, -0.05) is 5.16 Å². The van der Waals surface area contributed by atoms with Crippen LogP contribution in [0.15, 0.2) is 4.52 Å². The van der Waals surface area contributed by atoms with Crippen LogP contribution in [0, 0.1) is 24.7 Å². The van der Waals surface area contributed by atoms with Crippen LogP contribution >= 0.6 is 0 Å². The van der Waals surface area contributed by atoms with Gasteiger partial charge in [0.05, 0.1) is 0 Å². The zero-order valence-electron chi connectivity index (χ0n) is 8.56. The molecule has 80 valence electrons. The highest BCUT2D eigenvalue weighted by Gasteiger charge is 2.48. The molecule has 1 N–H and O–H groups in total. The van der Waals surface area contributed by atoms with E-state index in [1.165, 1.54) is 6.42 Å². The Bertz CT molecular complexity index is 391. The summed E-state index contributed by atoms with van der Waals surface area (Å²) < 4.78 is 4.84. The fourth-order valence-electron chi connectivity index (χ4n) is 2.48. The van der Waals surface area contributed by atoms with Crippen molar-refractivity contribution in [1.29, 1.82) is 0 Å². The Morgan fingerprint density at radius 2 is 2.13 bits per heavy atom. The molecule has 0 spiro atoms. The first-order valence-corrected chi connectivity index (χ1v) is 5.33. The van der Waals surface area contributed by atoms with E-state index in [-0.39, 0.29) is 17.8 Å². The third-order valence-corrected chi connectivity index (χ3v) is 3.37. The summed E-state index contributed by atoms with van der Waals surface area (Å²) in [5, 5.41) is 6.29. The van der Waals surface area contributed by atoms with Crippen LogP contribution < -0.4 is 5.32 Å². The molecule has 2 atom stereocenters. The summed E-state index contributed by atoms with van der Waals surface area (Å²) in [5.74, 6) is 2.35. The topological polar surface area (TPSA) is 68.0 Å². The largest absolute Gasteiger partial charge is 0.328 e. The first-order chi connectivity index (χ1) is 7.22. The summed E-state index contributed by atoms with van der Waals surface area (Å²) >= 11 is 0. The van der Waals surface area contributed by atoms with Gasteiger partial charge in [0.25, 0.3) is 0 Å². The molecule has 1 heterocycles. The fourth-order valence-corrected chi connectivity index (χ4v) is 2.48. The number of rotatable bonds is 2. The van der Waals surface area contributed by atoms with Gasteiger partial charge in [-0.25, -0.2) is 0 Å². The summed E-state index contributed by atoms with van der Waals surface area (Å²) in [6, 6.07) is 0.220. The highest BCUT2D eigenvalue weighted by atomic mass is 16.5. The molecule has 2 aliphatic carbocycles. The van der Waals surface area contributed by atoms with Crippen LogP contribution in [0.2, 0.25) is 0 Å². The Hall–Kier alpha value is -1.39. The van der Waals surface area contributed by atoms with Crippen LogP contribution in [0.1, 0.15) is 25.1 Å². The van der Waals surface area contributed by atoms with E-state index < -0.39 is 0 Å². The second-order valence-electron chi connectivity index (χ2n) is 4.56. The van der Waals surface area contributed by atoms with E-state index in [9.17, 15) is 4.79 Å². The number of nitrogens with zero attached hydrogens (tertiary/aromatic N) is 2. The minimum atomic E-state index is 0.0332. The third-order valence-electron chi connectivity index (χ3n) is 3.37. The fraction of sp³-hybridized carbons (Fsp3) is 0.700. The van der Waals surface area contributed by atoms with Crippen molar-refractivity contribution in [2.45, 2.75) is 26.2 Å². The maximum absolute atomic E-state index is 11.8. The highest BCUT2D eigenvalue weighted by molar-refractivity contribution is 5.90. The molecular weight excluding hydrogens is 194 g/mol. The Morgan fingerprint density at radius 1 is 1.40 bits per heavy atom. The second kappa shape index (κ2) is 3.05. The molecule has 2 fully saturated rings. The van der Waals surface area contributed by atoms with Crippen molar-refractivity contribution in [3.8, 4) is 0 Å². The molecule has 0 bridgehead atoms. The zero-order valence-corrected chi connectivity index (χ0v) is 8.56. The van der Waals surface area contributed by atoms with E-state index in [0.717, 1.165) is 24.7 Å². The molecule has 0 saturated heterocycles.